The van der Waals surface area contributed by atoms with Gasteiger partial charge in [-0.15, -0.1) is 0 Å². The lowest BCUT2D eigenvalue weighted by Gasteiger charge is -2.29. The summed E-state index contributed by atoms with van der Waals surface area (Å²) in [7, 11) is 2.17. The summed E-state index contributed by atoms with van der Waals surface area (Å²) in [5.41, 5.74) is 2.63. The molecule has 0 bridgehead atoms. The summed E-state index contributed by atoms with van der Waals surface area (Å²) in [6.45, 7) is 2.90. The fraction of sp³-hybridized carbons (Fsp3) is 0.571. The number of benzene rings is 1. The highest BCUT2D eigenvalue weighted by Crippen LogP contribution is 2.27. The van der Waals surface area contributed by atoms with Crippen molar-refractivity contribution >= 4 is 37.5 Å². The van der Waals surface area contributed by atoms with Gasteiger partial charge in [-0.05, 0) is 36.5 Å². The topological polar surface area (TPSA) is 12.5 Å². The largest absolute Gasteiger partial charge is 0.381 e. The minimum atomic E-state index is 0.658. The van der Waals surface area contributed by atoms with Gasteiger partial charge in [0.1, 0.15) is 0 Å². The molecule has 0 N–H and O–H groups in total. The van der Waals surface area contributed by atoms with Gasteiger partial charge in [-0.2, -0.15) is 0 Å². The molecular formula is C14H19Br2NO. The predicted molar refractivity (Wildman–Crippen MR) is 83.6 cm³/mol. The van der Waals surface area contributed by atoms with E-state index in [9.17, 15) is 0 Å². The third kappa shape index (κ3) is 3.72. The van der Waals surface area contributed by atoms with Gasteiger partial charge >= 0.3 is 0 Å². The van der Waals surface area contributed by atoms with Crippen molar-refractivity contribution in [1.29, 1.82) is 0 Å². The summed E-state index contributed by atoms with van der Waals surface area (Å²) in [5.74, 6) is 0.658. The van der Waals surface area contributed by atoms with E-state index >= 15 is 0 Å². The highest BCUT2D eigenvalue weighted by Gasteiger charge is 2.17. The number of hydrogen-bond acceptors (Lipinski definition) is 2. The normalized spacial score (nSPS) is 19.8. The Labute approximate surface area is 126 Å². The Bertz CT molecular complexity index is 391. The molecule has 1 aromatic rings. The Hall–Kier alpha value is -0.0600. The number of rotatable bonds is 4. The van der Waals surface area contributed by atoms with Crippen molar-refractivity contribution in [2.75, 3.05) is 31.7 Å². The predicted octanol–water partition coefficient (Wildman–Crippen LogP) is 4.21. The number of halogens is 2. The first-order valence-electron chi connectivity index (χ1n) is 6.34. The molecule has 1 aliphatic heterocycles. The Morgan fingerprint density at radius 2 is 2.28 bits per heavy atom. The summed E-state index contributed by atoms with van der Waals surface area (Å²) in [6.07, 6.45) is 2.48. The molecule has 100 valence electrons. The van der Waals surface area contributed by atoms with Gasteiger partial charge in [-0.1, -0.05) is 37.9 Å². The van der Waals surface area contributed by atoms with Crippen LogP contribution in [0.1, 0.15) is 18.4 Å². The van der Waals surface area contributed by atoms with Crippen molar-refractivity contribution in [2.24, 2.45) is 5.92 Å². The quantitative estimate of drug-likeness (QED) is 0.730. The average Bonchev–Trinajstić information content (AvgIpc) is 2.40. The maximum absolute atomic E-state index is 5.55. The zero-order valence-corrected chi connectivity index (χ0v) is 13.8. The second-order valence-corrected chi connectivity index (χ2v) is 6.35. The second kappa shape index (κ2) is 6.92. The van der Waals surface area contributed by atoms with E-state index in [-0.39, 0.29) is 0 Å². The molecule has 18 heavy (non-hydrogen) atoms. The van der Waals surface area contributed by atoms with E-state index in [1.165, 1.54) is 24.1 Å². The van der Waals surface area contributed by atoms with Gasteiger partial charge in [0.2, 0.25) is 0 Å². The summed E-state index contributed by atoms with van der Waals surface area (Å²) in [6, 6.07) is 6.46. The molecule has 1 fully saturated rings. The third-order valence-electron chi connectivity index (χ3n) is 3.39. The molecule has 1 heterocycles. The summed E-state index contributed by atoms with van der Waals surface area (Å²) >= 11 is 7.11. The van der Waals surface area contributed by atoms with Gasteiger partial charge in [0.25, 0.3) is 0 Å². The Balaban J connectivity index is 2.07. The minimum Gasteiger partial charge on any atom is -0.381 e. The molecule has 0 spiro atoms. The SMILES string of the molecule is CN(CC1CCCOC1)c1cc(Br)ccc1CBr. The van der Waals surface area contributed by atoms with Crippen LogP contribution >= 0.6 is 31.9 Å². The fourth-order valence-corrected chi connectivity index (χ4v) is 3.27. The van der Waals surface area contributed by atoms with Crippen LogP contribution in [-0.4, -0.2) is 26.8 Å². The lowest BCUT2D eigenvalue weighted by atomic mass is 10.0. The van der Waals surface area contributed by atoms with Crippen LogP contribution in [0.15, 0.2) is 22.7 Å². The van der Waals surface area contributed by atoms with Crippen LogP contribution in [0.3, 0.4) is 0 Å². The molecule has 1 saturated heterocycles. The zero-order valence-electron chi connectivity index (χ0n) is 10.7. The maximum Gasteiger partial charge on any atom is 0.0511 e. The summed E-state index contributed by atoms with van der Waals surface area (Å²) in [5, 5.41) is 0.890. The van der Waals surface area contributed by atoms with E-state index in [1.54, 1.807) is 0 Å². The number of hydrogen-bond donors (Lipinski definition) is 0. The summed E-state index contributed by atoms with van der Waals surface area (Å²) in [4.78, 5) is 2.35. The molecule has 0 aliphatic carbocycles. The van der Waals surface area contributed by atoms with Gasteiger partial charge in [-0.25, -0.2) is 0 Å². The van der Waals surface area contributed by atoms with Gasteiger partial charge < -0.3 is 9.64 Å². The maximum atomic E-state index is 5.55. The van der Waals surface area contributed by atoms with Crippen molar-refractivity contribution in [2.45, 2.75) is 18.2 Å². The number of alkyl halides is 1. The molecule has 2 nitrogen and oxygen atoms in total. The van der Waals surface area contributed by atoms with Gasteiger partial charge in [0.15, 0.2) is 0 Å². The molecule has 1 atom stereocenters. The molecule has 0 aromatic heterocycles. The third-order valence-corrected chi connectivity index (χ3v) is 4.49. The van der Waals surface area contributed by atoms with Crippen molar-refractivity contribution in [3.63, 3.8) is 0 Å². The molecule has 0 amide bonds. The number of ether oxygens (including phenoxy) is 1. The molecule has 1 unspecified atom stereocenters. The first-order chi connectivity index (χ1) is 8.70. The van der Waals surface area contributed by atoms with E-state index in [0.29, 0.717) is 5.92 Å². The standard InChI is InChI=1S/C14H19Br2NO/c1-17(9-11-3-2-6-18-10-11)14-7-13(16)5-4-12(14)8-15/h4-5,7,11H,2-3,6,8-10H2,1H3. The van der Waals surface area contributed by atoms with E-state index in [4.69, 9.17) is 4.74 Å². The van der Waals surface area contributed by atoms with E-state index < -0.39 is 0 Å². The van der Waals surface area contributed by atoms with E-state index in [2.05, 4.69) is 62.0 Å². The molecule has 0 saturated carbocycles. The highest BCUT2D eigenvalue weighted by atomic mass is 79.9. The van der Waals surface area contributed by atoms with Gasteiger partial charge in [-0.3, -0.25) is 0 Å². The van der Waals surface area contributed by atoms with E-state index in [1.807, 2.05) is 0 Å². The summed E-state index contributed by atoms with van der Waals surface area (Å²) < 4.78 is 6.69. The first kappa shape index (κ1) is 14.4. The lowest BCUT2D eigenvalue weighted by molar-refractivity contribution is 0.0576. The second-order valence-electron chi connectivity index (χ2n) is 4.87. The molecular weight excluding hydrogens is 358 g/mol. The minimum absolute atomic E-state index is 0.658. The Kier molecular flexibility index (Phi) is 5.52. The van der Waals surface area contributed by atoms with Crippen LogP contribution in [0, 0.1) is 5.92 Å². The van der Waals surface area contributed by atoms with Gasteiger partial charge in [0, 0.05) is 35.7 Å². The molecule has 0 radical (unpaired) electrons. The van der Waals surface area contributed by atoms with Crippen molar-refractivity contribution in [1.82, 2.24) is 0 Å². The number of nitrogens with zero attached hydrogens (tertiary/aromatic N) is 1. The first-order valence-corrected chi connectivity index (χ1v) is 8.25. The molecule has 1 aromatic carbocycles. The van der Waals surface area contributed by atoms with Crippen molar-refractivity contribution in [3.8, 4) is 0 Å². The van der Waals surface area contributed by atoms with E-state index in [0.717, 1.165) is 29.6 Å². The lowest BCUT2D eigenvalue weighted by Crippen LogP contribution is -2.31. The van der Waals surface area contributed by atoms with Crippen LogP contribution < -0.4 is 4.90 Å². The molecule has 4 heteroatoms. The fourth-order valence-electron chi connectivity index (χ4n) is 2.44. The van der Waals surface area contributed by atoms with Gasteiger partial charge in [0.05, 0.1) is 6.61 Å². The Morgan fingerprint density at radius 3 is 2.94 bits per heavy atom. The van der Waals surface area contributed by atoms with Crippen LogP contribution in [0.4, 0.5) is 5.69 Å². The molecule has 1 aliphatic rings. The number of anilines is 1. The van der Waals surface area contributed by atoms with Crippen molar-refractivity contribution in [3.05, 3.63) is 28.2 Å². The molecule has 2 rings (SSSR count). The van der Waals surface area contributed by atoms with Crippen LogP contribution in [-0.2, 0) is 10.1 Å². The van der Waals surface area contributed by atoms with Crippen LogP contribution in [0.2, 0.25) is 0 Å². The smallest absolute Gasteiger partial charge is 0.0511 e. The average molecular weight is 377 g/mol. The zero-order chi connectivity index (χ0) is 13.0. The van der Waals surface area contributed by atoms with Crippen LogP contribution in [0.5, 0.6) is 0 Å². The highest BCUT2D eigenvalue weighted by molar-refractivity contribution is 9.10. The Morgan fingerprint density at radius 1 is 1.44 bits per heavy atom. The van der Waals surface area contributed by atoms with Crippen molar-refractivity contribution < 1.29 is 4.74 Å². The monoisotopic (exact) mass is 375 g/mol. The van der Waals surface area contributed by atoms with Crippen LogP contribution in [0.25, 0.3) is 0 Å².